The highest BCUT2D eigenvalue weighted by atomic mass is 16.5. The van der Waals surface area contributed by atoms with Gasteiger partial charge in [0, 0.05) is 25.1 Å². The number of piperidine rings is 1. The van der Waals surface area contributed by atoms with E-state index in [-0.39, 0.29) is 5.41 Å². The average Bonchev–Trinajstić information content (AvgIpc) is 2.70. The first-order chi connectivity index (χ1) is 12.7. The van der Waals surface area contributed by atoms with Crippen LogP contribution >= 0.6 is 0 Å². The normalized spacial score (nSPS) is 20.8. The number of benzene rings is 2. The van der Waals surface area contributed by atoms with Crippen LogP contribution in [0.5, 0.6) is 5.75 Å². The summed E-state index contributed by atoms with van der Waals surface area (Å²) < 4.78 is 5.24. The molecule has 26 heavy (non-hydrogen) atoms. The van der Waals surface area contributed by atoms with Gasteiger partial charge in [-0.2, -0.15) is 0 Å². The molecule has 2 aromatic carbocycles. The Labute approximate surface area is 157 Å². The van der Waals surface area contributed by atoms with Gasteiger partial charge in [0.1, 0.15) is 5.75 Å². The van der Waals surface area contributed by atoms with Crippen LogP contribution in [-0.2, 0) is 13.0 Å². The van der Waals surface area contributed by atoms with E-state index in [1.807, 2.05) is 12.1 Å². The van der Waals surface area contributed by atoms with E-state index in [9.17, 15) is 5.11 Å². The smallest absolute Gasteiger partial charge is 0.118 e. The van der Waals surface area contributed by atoms with Gasteiger partial charge in [-0.1, -0.05) is 42.5 Å². The number of hydrogen-bond donors (Lipinski definition) is 1. The van der Waals surface area contributed by atoms with Crippen LogP contribution < -0.4 is 4.74 Å². The van der Waals surface area contributed by atoms with Crippen LogP contribution in [-0.4, -0.2) is 36.8 Å². The Kier molecular flexibility index (Phi) is 6.70. The predicted molar refractivity (Wildman–Crippen MR) is 106 cm³/mol. The van der Waals surface area contributed by atoms with E-state index in [0.717, 1.165) is 51.1 Å². The molecule has 140 valence electrons. The molecule has 0 aliphatic carbocycles. The largest absolute Gasteiger partial charge is 0.497 e. The monoisotopic (exact) mass is 353 g/mol. The number of ether oxygens (including phenoxy) is 1. The second-order valence-corrected chi connectivity index (χ2v) is 7.66. The van der Waals surface area contributed by atoms with Gasteiger partial charge >= 0.3 is 0 Å². The fourth-order valence-corrected chi connectivity index (χ4v) is 4.16. The summed E-state index contributed by atoms with van der Waals surface area (Å²) in [5.74, 6) is 0.901. The van der Waals surface area contributed by atoms with Gasteiger partial charge in [0.25, 0.3) is 0 Å². The summed E-state index contributed by atoms with van der Waals surface area (Å²) >= 11 is 0. The lowest BCUT2D eigenvalue weighted by Gasteiger charge is -2.42. The maximum absolute atomic E-state index is 10.1. The topological polar surface area (TPSA) is 32.7 Å². The maximum atomic E-state index is 10.1. The van der Waals surface area contributed by atoms with E-state index in [0.29, 0.717) is 6.61 Å². The highest BCUT2D eigenvalue weighted by Gasteiger charge is 2.34. The Hall–Kier alpha value is -1.84. The summed E-state index contributed by atoms with van der Waals surface area (Å²) in [6.45, 7) is 3.35. The minimum atomic E-state index is 0.0551. The Morgan fingerprint density at radius 3 is 2.50 bits per heavy atom. The van der Waals surface area contributed by atoms with Gasteiger partial charge in [0.05, 0.1) is 7.11 Å². The zero-order valence-corrected chi connectivity index (χ0v) is 15.9. The second-order valence-electron chi connectivity index (χ2n) is 7.66. The van der Waals surface area contributed by atoms with Gasteiger partial charge in [0.2, 0.25) is 0 Å². The van der Waals surface area contributed by atoms with Gasteiger partial charge < -0.3 is 9.84 Å². The van der Waals surface area contributed by atoms with Crippen LogP contribution in [0.2, 0.25) is 0 Å². The molecule has 1 aliphatic heterocycles. The number of hydrogen-bond acceptors (Lipinski definition) is 3. The van der Waals surface area contributed by atoms with Crippen molar-refractivity contribution in [2.75, 3.05) is 26.8 Å². The fraction of sp³-hybridized carbons (Fsp3) is 0.478. The molecule has 0 radical (unpaired) electrons. The van der Waals surface area contributed by atoms with Crippen LogP contribution in [0, 0.1) is 5.41 Å². The van der Waals surface area contributed by atoms with Gasteiger partial charge in [-0.3, -0.25) is 4.90 Å². The summed E-state index contributed by atoms with van der Waals surface area (Å²) in [6.07, 6.45) is 5.64. The average molecular weight is 354 g/mol. The highest BCUT2D eigenvalue weighted by Crippen LogP contribution is 2.35. The fourth-order valence-electron chi connectivity index (χ4n) is 4.16. The van der Waals surface area contributed by atoms with Crippen LogP contribution in [0.4, 0.5) is 0 Å². The molecular formula is C23H31NO2. The van der Waals surface area contributed by atoms with Gasteiger partial charge in [-0.25, -0.2) is 0 Å². The van der Waals surface area contributed by atoms with Crippen molar-refractivity contribution >= 4 is 0 Å². The molecule has 0 saturated carbocycles. The summed E-state index contributed by atoms with van der Waals surface area (Å²) in [4.78, 5) is 2.50. The summed E-state index contributed by atoms with van der Waals surface area (Å²) in [5, 5.41) is 10.1. The summed E-state index contributed by atoms with van der Waals surface area (Å²) in [5.41, 5.74) is 2.76. The number of methoxy groups -OCH3 is 1. The molecule has 1 fully saturated rings. The molecule has 1 N–H and O–H groups in total. The third-order valence-corrected chi connectivity index (χ3v) is 5.66. The number of likely N-dealkylation sites (tertiary alicyclic amines) is 1. The highest BCUT2D eigenvalue weighted by molar-refractivity contribution is 5.27. The molecular weight excluding hydrogens is 322 g/mol. The molecule has 2 aromatic rings. The minimum Gasteiger partial charge on any atom is -0.497 e. The van der Waals surface area contributed by atoms with Crippen molar-refractivity contribution in [3.63, 3.8) is 0 Å². The van der Waals surface area contributed by atoms with Crippen LogP contribution in [0.25, 0.3) is 0 Å². The number of nitrogens with zero attached hydrogens (tertiary/aromatic N) is 1. The van der Waals surface area contributed by atoms with E-state index in [1.165, 1.54) is 17.5 Å². The molecule has 3 heteroatoms. The zero-order valence-electron chi connectivity index (χ0n) is 15.9. The molecule has 0 spiro atoms. The van der Waals surface area contributed by atoms with E-state index >= 15 is 0 Å². The van der Waals surface area contributed by atoms with Crippen molar-refractivity contribution in [2.45, 2.75) is 38.6 Å². The number of aryl methyl sites for hydroxylation is 1. The van der Waals surface area contributed by atoms with Crippen molar-refractivity contribution in [1.82, 2.24) is 4.90 Å². The molecule has 3 rings (SSSR count). The SMILES string of the molecule is COc1ccc(CN2CCCC(CO)(CCCc3ccccc3)C2)cc1. The van der Waals surface area contributed by atoms with Gasteiger partial charge in [-0.15, -0.1) is 0 Å². The zero-order chi connectivity index (χ0) is 18.2. The molecule has 1 aliphatic rings. The molecule has 1 atom stereocenters. The van der Waals surface area contributed by atoms with Crippen molar-refractivity contribution < 1.29 is 9.84 Å². The maximum Gasteiger partial charge on any atom is 0.118 e. The minimum absolute atomic E-state index is 0.0551. The van der Waals surface area contributed by atoms with Crippen LogP contribution in [0.1, 0.15) is 36.8 Å². The summed E-state index contributed by atoms with van der Waals surface area (Å²) in [6, 6.07) is 19.0. The lowest BCUT2D eigenvalue weighted by molar-refractivity contribution is 0.0208. The third-order valence-electron chi connectivity index (χ3n) is 5.66. The Balaban J connectivity index is 1.55. The van der Waals surface area contributed by atoms with E-state index in [4.69, 9.17) is 4.74 Å². The third kappa shape index (κ3) is 5.09. The molecule has 3 nitrogen and oxygen atoms in total. The molecule has 1 heterocycles. The molecule has 0 bridgehead atoms. The Morgan fingerprint density at radius 1 is 1.04 bits per heavy atom. The number of aliphatic hydroxyl groups is 1. The first kappa shape index (κ1) is 18.9. The van der Waals surface area contributed by atoms with Crippen molar-refractivity contribution in [2.24, 2.45) is 5.41 Å². The predicted octanol–water partition coefficient (Wildman–Crippen LogP) is 4.29. The molecule has 0 amide bonds. The number of rotatable bonds is 8. The van der Waals surface area contributed by atoms with Gasteiger partial charge in [-0.05, 0) is 61.9 Å². The first-order valence-corrected chi connectivity index (χ1v) is 9.73. The number of aliphatic hydroxyl groups excluding tert-OH is 1. The quantitative estimate of drug-likeness (QED) is 0.768. The lowest BCUT2D eigenvalue weighted by Crippen LogP contribution is -2.45. The van der Waals surface area contributed by atoms with Crippen LogP contribution in [0.3, 0.4) is 0 Å². The van der Waals surface area contributed by atoms with Gasteiger partial charge in [0.15, 0.2) is 0 Å². The molecule has 0 aromatic heterocycles. The van der Waals surface area contributed by atoms with Crippen LogP contribution in [0.15, 0.2) is 54.6 Å². The standard InChI is InChI=1S/C23H31NO2/c1-26-22-12-10-21(11-13-22)17-24-16-6-15-23(18-24,19-25)14-5-9-20-7-3-2-4-8-20/h2-4,7-8,10-13,25H,5-6,9,14-19H2,1H3. The second kappa shape index (κ2) is 9.20. The Morgan fingerprint density at radius 2 is 1.81 bits per heavy atom. The van der Waals surface area contributed by atoms with E-state index in [2.05, 4.69) is 47.4 Å². The van der Waals surface area contributed by atoms with Crippen molar-refractivity contribution in [1.29, 1.82) is 0 Å². The van der Waals surface area contributed by atoms with E-state index in [1.54, 1.807) is 7.11 Å². The molecule has 1 saturated heterocycles. The van der Waals surface area contributed by atoms with Crippen molar-refractivity contribution in [3.05, 3.63) is 65.7 Å². The Bertz CT molecular complexity index is 656. The van der Waals surface area contributed by atoms with Crippen molar-refractivity contribution in [3.8, 4) is 5.75 Å². The summed E-state index contributed by atoms with van der Waals surface area (Å²) in [7, 11) is 1.70. The van der Waals surface area contributed by atoms with E-state index < -0.39 is 0 Å². The lowest BCUT2D eigenvalue weighted by atomic mass is 9.76. The molecule has 1 unspecified atom stereocenters. The first-order valence-electron chi connectivity index (χ1n) is 9.73.